The van der Waals surface area contributed by atoms with E-state index in [4.69, 9.17) is 4.74 Å². The van der Waals surface area contributed by atoms with Crippen LogP contribution < -0.4 is 4.74 Å². The normalized spacial score (nSPS) is 20.0. The molecule has 114 valence electrons. The number of rotatable bonds is 5. The molecule has 1 unspecified atom stereocenters. The molecule has 0 aromatic heterocycles. The third-order valence-corrected chi connectivity index (χ3v) is 4.76. The number of hydrogen-bond donors (Lipinski definition) is 0. The number of carbonyl (C=O) groups is 1. The molecule has 21 heavy (non-hydrogen) atoms. The van der Waals surface area contributed by atoms with Gasteiger partial charge in [-0.05, 0) is 38.3 Å². The van der Waals surface area contributed by atoms with Crippen molar-refractivity contribution in [1.29, 1.82) is 0 Å². The van der Waals surface area contributed by atoms with E-state index in [0.717, 1.165) is 18.4 Å². The first-order valence-electron chi connectivity index (χ1n) is 7.31. The van der Waals surface area contributed by atoms with Crippen LogP contribution >= 0.6 is 0 Å². The number of ketones is 1. The molecule has 0 bridgehead atoms. The van der Waals surface area contributed by atoms with Crippen molar-refractivity contribution in [3.63, 3.8) is 0 Å². The molecule has 0 heterocycles. The fourth-order valence-electron chi connectivity index (χ4n) is 3.17. The average Bonchev–Trinajstić information content (AvgIpc) is 2.41. The van der Waals surface area contributed by atoms with Gasteiger partial charge in [-0.1, -0.05) is 13.8 Å². The highest BCUT2D eigenvalue weighted by molar-refractivity contribution is 5.92. The predicted octanol–water partition coefficient (Wildman–Crippen LogP) is 3.74. The van der Waals surface area contributed by atoms with Crippen molar-refractivity contribution < 1.29 is 14.5 Å². The molecule has 0 N–H and O–H groups in total. The van der Waals surface area contributed by atoms with Crippen molar-refractivity contribution in [2.75, 3.05) is 0 Å². The van der Waals surface area contributed by atoms with E-state index in [2.05, 4.69) is 0 Å². The number of carbonyl (C=O) groups excluding carboxylic acids is 1. The van der Waals surface area contributed by atoms with Crippen LogP contribution in [0.1, 0.15) is 44.2 Å². The van der Waals surface area contributed by atoms with E-state index in [1.807, 2.05) is 20.8 Å². The third-order valence-electron chi connectivity index (χ3n) is 4.76. The van der Waals surface area contributed by atoms with Gasteiger partial charge in [0.15, 0.2) is 0 Å². The lowest BCUT2D eigenvalue weighted by Gasteiger charge is -2.46. The molecule has 0 spiro atoms. The Hall–Kier alpha value is -1.91. The fourth-order valence-corrected chi connectivity index (χ4v) is 3.17. The number of ether oxygens (including phenoxy) is 1. The Labute approximate surface area is 124 Å². The van der Waals surface area contributed by atoms with Gasteiger partial charge in [-0.3, -0.25) is 14.9 Å². The summed E-state index contributed by atoms with van der Waals surface area (Å²) in [6, 6.07) is 3.23. The molecule has 0 radical (unpaired) electrons. The number of nitro groups is 1. The minimum absolute atomic E-state index is 0.0554. The average molecular weight is 291 g/mol. The van der Waals surface area contributed by atoms with Crippen LogP contribution in [0, 0.1) is 29.4 Å². The number of hydrogen-bond acceptors (Lipinski definition) is 4. The Balaban J connectivity index is 2.30. The standard InChI is InChI=1S/C16H21NO4/c1-5-16(6-2)14(18)9-15(16)21-13-8-12(17(19)20)10(3)7-11(13)4/h7-8,15H,5-6,9H2,1-4H3. The van der Waals surface area contributed by atoms with Gasteiger partial charge in [0.2, 0.25) is 0 Å². The first-order chi connectivity index (χ1) is 9.85. The molecule has 5 heteroatoms. The lowest BCUT2D eigenvalue weighted by atomic mass is 9.61. The molecule has 1 atom stereocenters. The number of benzene rings is 1. The lowest BCUT2D eigenvalue weighted by molar-refractivity contribution is -0.385. The Morgan fingerprint density at radius 1 is 1.29 bits per heavy atom. The van der Waals surface area contributed by atoms with Crippen LogP contribution in [0.15, 0.2) is 12.1 Å². The predicted molar refractivity (Wildman–Crippen MR) is 79.6 cm³/mol. The molecule has 1 aliphatic carbocycles. The quantitative estimate of drug-likeness (QED) is 0.612. The maximum atomic E-state index is 11.9. The van der Waals surface area contributed by atoms with Crippen LogP contribution in [0.4, 0.5) is 5.69 Å². The van der Waals surface area contributed by atoms with Crippen molar-refractivity contribution >= 4 is 11.5 Å². The minimum Gasteiger partial charge on any atom is -0.488 e. The van der Waals surface area contributed by atoms with Crippen molar-refractivity contribution in [3.05, 3.63) is 33.4 Å². The second-order valence-electron chi connectivity index (χ2n) is 5.76. The molecule has 0 saturated heterocycles. The molecule has 5 nitrogen and oxygen atoms in total. The maximum absolute atomic E-state index is 11.9. The summed E-state index contributed by atoms with van der Waals surface area (Å²) in [5, 5.41) is 11.0. The van der Waals surface area contributed by atoms with Crippen molar-refractivity contribution in [2.24, 2.45) is 5.41 Å². The van der Waals surface area contributed by atoms with Crippen LogP contribution in [0.3, 0.4) is 0 Å². The van der Waals surface area contributed by atoms with E-state index < -0.39 is 10.3 Å². The SMILES string of the molecule is CCC1(CC)C(=O)CC1Oc1cc([N+](=O)[O-])c(C)cc1C. The molecule has 1 aliphatic rings. The molecule has 1 saturated carbocycles. The van der Waals surface area contributed by atoms with Gasteiger partial charge < -0.3 is 4.74 Å². The van der Waals surface area contributed by atoms with E-state index in [9.17, 15) is 14.9 Å². The van der Waals surface area contributed by atoms with Gasteiger partial charge >= 0.3 is 0 Å². The summed E-state index contributed by atoms with van der Waals surface area (Å²) in [6.07, 6.45) is 1.68. The molecule has 1 aromatic carbocycles. The van der Waals surface area contributed by atoms with E-state index in [0.29, 0.717) is 17.7 Å². The van der Waals surface area contributed by atoms with Crippen LogP contribution in [0.2, 0.25) is 0 Å². The summed E-state index contributed by atoms with van der Waals surface area (Å²) in [5.74, 6) is 0.743. The first-order valence-corrected chi connectivity index (χ1v) is 7.31. The Bertz CT molecular complexity index is 590. The third kappa shape index (κ3) is 2.41. The smallest absolute Gasteiger partial charge is 0.276 e. The molecule has 2 rings (SSSR count). The van der Waals surface area contributed by atoms with Gasteiger partial charge in [0.25, 0.3) is 5.69 Å². The van der Waals surface area contributed by atoms with Gasteiger partial charge in [0.1, 0.15) is 17.6 Å². The van der Waals surface area contributed by atoms with E-state index >= 15 is 0 Å². The molecular weight excluding hydrogens is 270 g/mol. The summed E-state index contributed by atoms with van der Waals surface area (Å²) in [7, 11) is 0. The zero-order chi connectivity index (χ0) is 15.8. The van der Waals surface area contributed by atoms with Gasteiger partial charge in [-0.25, -0.2) is 0 Å². The van der Waals surface area contributed by atoms with Crippen LogP contribution in [0.5, 0.6) is 5.75 Å². The molecular formula is C16H21NO4. The summed E-state index contributed by atoms with van der Waals surface area (Å²) in [6.45, 7) is 7.55. The van der Waals surface area contributed by atoms with E-state index in [-0.39, 0.29) is 17.6 Å². The zero-order valence-corrected chi connectivity index (χ0v) is 12.9. The monoisotopic (exact) mass is 291 g/mol. The highest BCUT2D eigenvalue weighted by Crippen LogP contribution is 2.46. The topological polar surface area (TPSA) is 69.4 Å². The van der Waals surface area contributed by atoms with Crippen LogP contribution in [-0.4, -0.2) is 16.8 Å². The van der Waals surface area contributed by atoms with Crippen LogP contribution in [0.25, 0.3) is 0 Å². The number of aryl methyl sites for hydroxylation is 2. The molecule has 0 amide bonds. The fraction of sp³-hybridized carbons (Fsp3) is 0.562. The highest BCUT2D eigenvalue weighted by atomic mass is 16.6. The van der Waals surface area contributed by atoms with E-state index in [1.54, 1.807) is 13.0 Å². The number of nitrogens with zero attached hydrogens (tertiary/aromatic N) is 1. The first kappa shape index (κ1) is 15.5. The number of nitro benzene ring substituents is 1. The highest BCUT2D eigenvalue weighted by Gasteiger charge is 2.54. The minimum atomic E-state index is -0.424. The molecule has 0 aliphatic heterocycles. The lowest BCUT2D eigenvalue weighted by Crippen LogP contribution is -2.56. The van der Waals surface area contributed by atoms with Crippen molar-refractivity contribution in [1.82, 2.24) is 0 Å². The summed E-state index contributed by atoms with van der Waals surface area (Å²) < 4.78 is 5.97. The molecule has 1 aromatic rings. The summed E-state index contributed by atoms with van der Waals surface area (Å²) in [4.78, 5) is 22.6. The van der Waals surface area contributed by atoms with Crippen molar-refractivity contribution in [3.8, 4) is 5.75 Å². The van der Waals surface area contributed by atoms with Gasteiger partial charge in [0.05, 0.1) is 16.4 Å². The second-order valence-corrected chi connectivity index (χ2v) is 5.76. The largest absolute Gasteiger partial charge is 0.488 e. The van der Waals surface area contributed by atoms with Gasteiger partial charge in [-0.2, -0.15) is 0 Å². The Kier molecular flexibility index (Phi) is 4.03. The summed E-state index contributed by atoms with van der Waals surface area (Å²) in [5.41, 5.74) is 1.11. The number of Topliss-reactive ketones (excluding diaryl/α,β-unsaturated/α-hetero) is 1. The zero-order valence-electron chi connectivity index (χ0n) is 12.9. The Morgan fingerprint density at radius 2 is 1.90 bits per heavy atom. The van der Waals surface area contributed by atoms with Gasteiger partial charge in [-0.15, -0.1) is 0 Å². The van der Waals surface area contributed by atoms with E-state index in [1.165, 1.54) is 6.07 Å². The van der Waals surface area contributed by atoms with Crippen LogP contribution in [-0.2, 0) is 4.79 Å². The Morgan fingerprint density at radius 3 is 2.38 bits per heavy atom. The van der Waals surface area contributed by atoms with Gasteiger partial charge in [0, 0.05) is 12.0 Å². The maximum Gasteiger partial charge on any atom is 0.276 e. The summed E-state index contributed by atoms with van der Waals surface area (Å²) >= 11 is 0. The van der Waals surface area contributed by atoms with Crippen molar-refractivity contribution in [2.45, 2.75) is 53.1 Å². The molecule has 1 fully saturated rings. The second kappa shape index (κ2) is 5.47.